The van der Waals surface area contributed by atoms with E-state index in [-0.39, 0.29) is 12.3 Å². The van der Waals surface area contributed by atoms with E-state index in [1.165, 1.54) is 24.7 Å². The van der Waals surface area contributed by atoms with E-state index in [9.17, 15) is 22.4 Å². The van der Waals surface area contributed by atoms with E-state index in [4.69, 9.17) is 0 Å². The second-order valence-corrected chi connectivity index (χ2v) is 5.36. The lowest BCUT2D eigenvalue weighted by Gasteiger charge is -2.13. The van der Waals surface area contributed by atoms with Gasteiger partial charge in [-0.3, -0.25) is 9.78 Å². The van der Waals surface area contributed by atoms with Crippen molar-refractivity contribution >= 4 is 12.1 Å². The van der Waals surface area contributed by atoms with Crippen molar-refractivity contribution in [1.29, 1.82) is 0 Å². The number of hydrogen-bond acceptors (Lipinski definition) is 6. The number of nitrogens with zero attached hydrogens (tertiary/aromatic N) is 5. The fourth-order valence-electron chi connectivity index (χ4n) is 1.98. The predicted molar refractivity (Wildman–Crippen MR) is 90.7 cm³/mol. The summed E-state index contributed by atoms with van der Waals surface area (Å²) in [4.78, 5) is 22.4. The van der Waals surface area contributed by atoms with E-state index in [0.717, 1.165) is 11.2 Å². The SMILES string of the molecule is C/C=C\C(=N/N(C=O)Cc1cncc(F)c1)c1cnc(OCC(F)(F)F)nc1. The third-order valence-electron chi connectivity index (χ3n) is 3.08. The molecular weight excluding hydrogens is 382 g/mol. The van der Waals surface area contributed by atoms with Crippen molar-refractivity contribution in [2.45, 2.75) is 19.6 Å². The largest absolute Gasteiger partial charge is 0.454 e. The number of hydrogen-bond donors (Lipinski definition) is 0. The van der Waals surface area contributed by atoms with Crippen LogP contribution in [0.3, 0.4) is 0 Å². The molecule has 2 aromatic rings. The smallest absolute Gasteiger partial charge is 0.422 e. The molecule has 0 aliphatic carbocycles. The number of ether oxygens (including phenoxy) is 1. The van der Waals surface area contributed by atoms with Crippen LogP contribution in [-0.2, 0) is 11.3 Å². The molecule has 0 aliphatic heterocycles. The molecule has 0 radical (unpaired) electrons. The molecule has 0 aliphatic rings. The second kappa shape index (κ2) is 9.53. The molecule has 0 saturated carbocycles. The van der Waals surface area contributed by atoms with Gasteiger partial charge in [0.15, 0.2) is 6.61 Å². The normalized spacial score (nSPS) is 12.2. The van der Waals surface area contributed by atoms with Crippen LogP contribution in [0.5, 0.6) is 6.01 Å². The summed E-state index contributed by atoms with van der Waals surface area (Å²) < 4.78 is 54.2. The van der Waals surface area contributed by atoms with Gasteiger partial charge in [0.1, 0.15) is 5.82 Å². The van der Waals surface area contributed by atoms with Crippen LogP contribution < -0.4 is 4.74 Å². The van der Waals surface area contributed by atoms with Crippen LogP contribution in [0.25, 0.3) is 0 Å². The molecule has 0 saturated heterocycles. The standard InChI is InChI=1S/C17H15F4N5O2/c1-2-3-15(13-6-23-16(24-7-13)28-10-17(19,20)21)25-26(11-27)9-12-4-14(18)8-22-5-12/h2-8,11H,9-10H2,1H3/b3-2-,25-15+. The Balaban J connectivity index is 2.19. The first-order valence-electron chi connectivity index (χ1n) is 7.85. The third-order valence-corrected chi connectivity index (χ3v) is 3.08. The molecule has 0 unspecified atom stereocenters. The lowest BCUT2D eigenvalue weighted by molar-refractivity contribution is -0.154. The van der Waals surface area contributed by atoms with Gasteiger partial charge in [0, 0.05) is 24.2 Å². The van der Waals surface area contributed by atoms with Crippen molar-refractivity contribution < 1.29 is 27.1 Å². The van der Waals surface area contributed by atoms with Gasteiger partial charge in [-0.2, -0.15) is 18.3 Å². The Kier molecular flexibility index (Phi) is 7.13. The van der Waals surface area contributed by atoms with Crippen LogP contribution >= 0.6 is 0 Å². The number of allylic oxidation sites excluding steroid dienone is 2. The van der Waals surface area contributed by atoms with Crippen LogP contribution in [0.15, 0.2) is 48.1 Å². The fourth-order valence-corrected chi connectivity index (χ4v) is 1.98. The quantitative estimate of drug-likeness (QED) is 0.296. The molecular formula is C17H15F4N5O2. The molecule has 0 spiro atoms. The zero-order chi connectivity index (χ0) is 20.6. The molecule has 0 atom stereocenters. The van der Waals surface area contributed by atoms with E-state index in [1.807, 2.05) is 0 Å². The number of halogens is 4. The van der Waals surface area contributed by atoms with Crippen LogP contribution in [0.4, 0.5) is 17.6 Å². The lowest BCUT2D eigenvalue weighted by Crippen LogP contribution is -2.20. The van der Waals surface area contributed by atoms with Crippen molar-refractivity contribution in [2.75, 3.05) is 6.61 Å². The van der Waals surface area contributed by atoms with Crippen molar-refractivity contribution in [3.63, 3.8) is 0 Å². The number of pyridine rings is 1. The Morgan fingerprint density at radius 3 is 2.54 bits per heavy atom. The minimum atomic E-state index is -4.50. The van der Waals surface area contributed by atoms with Crippen molar-refractivity contribution in [2.24, 2.45) is 5.10 Å². The number of carbonyl (C=O) groups is 1. The van der Waals surface area contributed by atoms with E-state index < -0.39 is 24.6 Å². The van der Waals surface area contributed by atoms with Crippen LogP contribution in [-0.4, -0.2) is 44.9 Å². The van der Waals surface area contributed by atoms with Gasteiger partial charge in [0.2, 0.25) is 6.41 Å². The Morgan fingerprint density at radius 1 is 1.25 bits per heavy atom. The molecule has 0 aromatic carbocycles. The summed E-state index contributed by atoms with van der Waals surface area (Å²) in [7, 11) is 0. The predicted octanol–water partition coefficient (Wildman–Crippen LogP) is 2.89. The van der Waals surface area contributed by atoms with E-state index >= 15 is 0 Å². The van der Waals surface area contributed by atoms with Gasteiger partial charge in [0.25, 0.3) is 0 Å². The molecule has 2 rings (SSSR count). The molecule has 0 fully saturated rings. The Bertz CT molecular complexity index is 853. The number of carbonyl (C=O) groups excluding carboxylic acids is 1. The third kappa shape index (κ3) is 6.74. The zero-order valence-corrected chi connectivity index (χ0v) is 14.6. The van der Waals surface area contributed by atoms with Gasteiger partial charge in [0.05, 0.1) is 18.5 Å². The highest BCUT2D eigenvalue weighted by molar-refractivity contribution is 6.08. The molecule has 2 aromatic heterocycles. The first kappa shape index (κ1) is 20.9. The number of alkyl halides is 3. The van der Waals surface area contributed by atoms with Crippen LogP contribution in [0, 0.1) is 5.82 Å². The average Bonchev–Trinajstić information content (AvgIpc) is 2.65. The average molecular weight is 397 g/mol. The maximum absolute atomic E-state index is 13.2. The Morgan fingerprint density at radius 2 is 1.96 bits per heavy atom. The van der Waals surface area contributed by atoms with Crippen LogP contribution in [0.2, 0.25) is 0 Å². The first-order valence-corrected chi connectivity index (χ1v) is 7.85. The molecule has 28 heavy (non-hydrogen) atoms. The van der Waals surface area contributed by atoms with Gasteiger partial charge in [-0.25, -0.2) is 19.4 Å². The molecule has 148 valence electrons. The highest BCUT2D eigenvalue weighted by Crippen LogP contribution is 2.16. The lowest BCUT2D eigenvalue weighted by atomic mass is 10.2. The summed E-state index contributed by atoms with van der Waals surface area (Å²) in [5.74, 6) is -0.552. The highest BCUT2D eigenvalue weighted by atomic mass is 19.4. The molecule has 0 bridgehead atoms. The number of rotatable bonds is 8. The minimum absolute atomic E-state index is 0.0387. The molecule has 2 heterocycles. The minimum Gasteiger partial charge on any atom is -0.454 e. The van der Waals surface area contributed by atoms with Crippen molar-refractivity contribution in [3.05, 3.63) is 59.9 Å². The Labute approximate surface area is 157 Å². The summed E-state index contributed by atoms with van der Waals surface area (Å²) in [6.45, 7) is 0.157. The monoisotopic (exact) mass is 397 g/mol. The number of amides is 1. The van der Waals surface area contributed by atoms with E-state index in [1.54, 1.807) is 19.1 Å². The Hall–Kier alpha value is -3.37. The summed E-state index contributed by atoms with van der Waals surface area (Å²) in [6, 6.07) is 0.767. The fraction of sp³-hybridized carbons (Fsp3) is 0.235. The molecule has 11 heteroatoms. The van der Waals surface area contributed by atoms with E-state index in [2.05, 4.69) is 24.8 Å². The molecule has 0 N–H and O–H groups in total. The maximum Gasteiger partial charge on any atom is 0.422 e. The molecule has 7 nitrogen and oxygen atoms in total. The first-order chi connectivity index (χ1) is 13.3. The topological polar surface area (TPSA) is 80.6 Å². The van der Waals surface area contributed by atoms with Gasteiger partial charge in [-0.1, -0.05) is 6.08 Å². The maximum atomic E-state index is 13.2. The van der Waals surface area contributed by atoms with Crippen molar-refractivity contribution in [3.8, 4) is 6.01 Å². The van der Waals surface area contributed by atoms with Crippen LogP contribution in [0.1, 0.15) is 18.1 Å². The number of aromatic nitrogens is 3. The summed E-state index contributed by atoms with van der Waals surface area (Å²) in [5, 5.41) is 5.15. The summed E-state index contributed by atoms with van der Waals surface area (Å²) >= 11 is 0. The van der Waals surface area contributed by atoms with E-state index in [0.29, 0.717) is 17.5 Å². The zero-order valence-electron chi connectivity index (χ0n) is 14.6. The summed E-state index contributed by atoms with van der Waals surface area (Å²) in [6.07, 6.45) is 3.97. The van der Waals surface area contributed by atoms with Gasteiger partial charge >= 0.3 is 12.2 Å². The molecule has 1 amide bonds. The van der Waals surface area contributed by atoms with Crippen molar-refractivity contribution in [1.82, 2.24) is 20.0 Å². The highest BCUT2D eigenvalue weighted by Gasteiger charge is 2.28. The van der Waals surface area contributed by atoms with Gasteiger partial charge < -0.3 is 4.74 Å². The van der Waals surface area contributed by atoms with Gasteiger partial charge in [-0.05, 0) is 24.6 Å². The second-order valence-electron chi connectivity index (χ2n) is 5.36. The summed E-state index contributed by atoms with van der Waals surface area (Å²) in [5.41, 5.74) is 1.02. The van der Waals surface area contributed by atoms with Gasteiger partial charge in [-0.15, -0.1) is 0 Å². The number of hydrazone groups is 1.